The summed E-state index contributed by atoms with van der Waals surface area (Å²) in [5.74, 6) is -0.814. The molecule has 3 rings (SSSR count). The Morgan fingerprint density at radius 3 is 2.33 bits per heavy atom. The van der Waals surface area contributed by atoms with E-state index in [2.05, 4.69) is 26.6 Å². The summed E-state index contributed by atoms with van der Waals surface area (Å²) in [6.07, 6.45) is 0. The van der Waals surface area contributed by atoms with Crippen molar-refractivity contribution in [3.63, 3.8) is 0 Å². The molecule has 0 bridgehead atoms. The zero-order valence-electron chi connectivity index (χ0n) is 14.2. The van der Waals surface area contributed by atoms with Crippen LogP contribution in [0.3, 0.4) is 0 Å². The van der Waals surface area contributed by atoms with Gasteiger partial charge in [0.05, 0.1) is 6.54 Å². The lowest BCUT2D eigenvalue weighted by Crippen LogP contribution is -2.22. The number of carbonyl (C=O) groups excluding carboxylic acids is 2. The molecular weight excluding hydrogens is 411 g/mol. The standard InChI is InChI=1S/C21H16BrFN2O2/c22-15-6-11-19(18(12-15)21(27)14-4-2-1-3-5-14)24-13-20(26)25-17-9-7-16(23)8-10-17/h1-12,24H,13H2,(H,25,26). The lowest BCUT2D eigenvalue weighted by molar-refractivity contribution is -0.114. The maximum Gasteiger partial charge on any atom is 0.243 e. The molecule has 6 heteroatoms. The fourth-order valence-electron chi connectivity index (χ4n) is 2.52. The van der Waals surface area contributed by atoms with Gasteiger partial charge in [0, 0.05) is 27.0 Å². The molecule has 0 spiro atoms. The van der Waals surface area contributed by atoms with Gasteiger partial charge in [-0.25, -0.2) is 4.39 Å². The Labute approximate surface area is 164 Å². The van der Waals surface area contributed by atoms with Gasteiger partial charge in [-0.05, 0) is 42.5 Å². The third-order valence-electron chi connectivity index (χ3n) is 3.83. The number of carbonyl (C=O) groups is 2. The van der Waals surface area contributed by atoms with Gasteiger partial charge in [-0.15, -0.1) is 0 Å². The summed E-state index contributed by atoms with van der Waals surface area (Å²) in [4.78, 5) is 24.9. The van der Waals surface area contributed by atoms with Crippen molar-refractivity contribution in [2.45, 2.75) is 0 Å². The van der Waals surface area contributed by atoms with E-state index in [1.807, 2.05) is 6.07 Å². The summed E-state index contributed by atoms with van der Waals surface area (Å²) >= 11 is 3.38. The Morgan fingerprint density at radius 1 is 0.926 bits per heavy atom. The highest BCUT2D eigenvalue weighted by Gasteiger charge is 2.15. The van der Waals surface area contributed by atoms with Gasteiger partial charge >= 0.3 is 0 Å². The van der Waals surface area contributed by atoms with E-state index in [0.29, 0.717) is 22.5 Å². The Bertz CT molecular complexity index is 960. The summed E-state index contributed by atoms with van der Waals surface area (Å²) < 4.78 is 13.7. The molecule has 0 aliphatic carbocycles. The van der Waals surface area contributed by atoms with Crippen molar-refractivity contribution >= 4 is 39.0 Å². The van der Waals surface area contributed by atoms with Gasteiger partial charge in [0.1, 0.15) is 5.82 Å². The van der Waals surface area contributed by atoms with Gasteiger partial charge in [-0.3, -0.25) is 9.59 Å². The quantitative estimate of drug-likeness (QED) is 0.552. The fourth-order valence-corrected chi connectivity index (χ4v) is 2.88. The number of halogens is 2. The zero-order chi connectivity index (χ0) is 19.2. The van der Waals surface area contributed by atoms with E-state index in [1.54, 1.807) is 42.5 Å². The predicted molar refractivity (Wildman–Crippen MR) is 108 cm³/mol. The molecular formula is C21H16BrFN2O2. The number of benzene rings is 3. The van der Waals surface area contributed by atoms with Crippen LogP contribution in [-0.2, 0) is 4.79 Å². The first-order valence-electron chi connectivity index (χ1n) is 8.21. The molecule has 4 nitrogen and oxygen atoms in total. The Hall–Kier alpha value is -2.99. The molecule has 0 aliphatic heterocycles. The van der Waals surface area contributed by atoms with Crippen LogP contribution in [0, 0.1) is 5.82 Å². The highest BCUT2D eigenvalue weighted by Crippen LogP contribution is 2.24. The molecule has 27 heavy (non-hydrogen) atoms. The van der Waals surface area contributed by atoms with Crippen molar-refractivity contribution in [3.8, 4) is 0 Å². The Morgan fingerprint density at radius 2 is 1.63 bits per heavy atom. The van der Waals surface area contributed by atoms with E-state index in [9.17, 15) is 14.0 Å². The summed E-state index contributed by atoms with van der Waals surface area (Å²) in [5, 5.41) is 5.66. The highest BCUT2D eigenvalue weighted by atomic mass is 79.9. The average Bonchev–Trinajstić information content (AvgIpc) is 2.69. The average molecular weight is 427 g/mol. The summed E-state index contributed by atoms with van der Waals surface area (Å²) in [7, 11) is 0. The smallest absolute Gasteiger partial charge is 0.243 e. The number of hydrogen-bond acceptors (Lipinski definition) is 3. The number of ketones is 1. The second kappa shape index (κ2) is 8.60. The minimum absolute atomic E-state index is 0.0337. The third-order valence-corrected chi connectivity index (χ3v) is 4.32. The largest absolute Gasteiger partial charge is 0.376 e. The predicted octanol–water partition coefficient (Wildman–Crippen LogP) is 4.87. The number of hydrogen-bond donors (Lipinski definition) is 2. The molecule has 0 unspecified atom stereocenters. The topological polar surface area (TPSA) is 58.2 Å². The van der Waals surface area contributed by atoms with Gasteiger partial charge in [0.2, 0.25) is 5.91 Å². The lowest BCUT2D eigenvalue weighted by Gasteiger charge is -2.12. The Balaban J connectivity index is 1.72. The highest BCUT2D eigenvalue weighted by molar-refractivity contribution is 9.10. The SMILES string of the molecule is O=C(CNc1ccc(Br)cc1C(=O)c1ccccc1)Nc1ccc(F)cc1. The molecule has 0 aromatic heterocycles. The summed E-state index contributed by atoms with van der Waals surface area (Å²) in [5.41, 5.74) is 2.08. The van der Waals surface area contributed by atoms with Crippen LogP contribution >= 0.6 is 15.9 Å². The van der Waals surface area contributed by atoms with Gasteiger partial charge < -0.3 is 10.6 Å². The first-order valence-corrected chi connectivity index (χ1v) is 9.01. The monoisotopic (exact) mass is 426 g/mol. The first kappa shape index (κ1) is 18.8. The van der Waals surface area contributed by atoms with E-state index in [0.717, 1.165) is 4.47 Å². The lowest BCUT2D eigenvalue weighted by atomic mass is 10.0. The Kier molecular flexibility index (Phi) is 5.98. The van der Waals surface area contributed by atoms with Crippen molar-refractivity contribution in [1.82, 2.24) is 0 Å². The minimum atomic E-state index is -0.370. The van der Waals surface area contributed by atoms with Crippen LogP contribution in [0.1, 0.15) is 15.9 Å². The van der Waals surface area contributed by atoms with E-state index in [-0.39, 0.29) is 24.1 Å². The molecule has 0 heterocycles. The number of anilines is 2. The maximum atomic E-state index is 12.9. The molecule has 3 aromatic carbocycles. The normalized spacial score (nSPS) is 10.3. The van der Waals surface area contributed by atoms with Crippen LogP contribution in [0.4, 0.5) is 15.8 Å². The van der Waals surface area contributed by atoms with E-state index in [1.165, 1.54) is 24.3 Å². The van der Waals surface area contributed by atoms with Crippen LogP contribution in [0.25, 0.3) is 0 Å². The van der Waals surface area contributed by atoms with Gasteiger partial charge in [-0.1, -0.05) is 46.3 Å². The minimum Gasteiger partial charge on any atom is -0.376 e. The summed E-state index contributed by atoms with van der Waals surface area (Å²) in [6, 6.07) is 19.7. The second-order valence-corrected chi connectivity index (χ2v) is 6.71. The van der Waals surface area contributed by atoms with Crippen molar-refractivity contribution in [1.29, 1.82) is 0 Å². The molecule has 0 saturated heterocycles. The number of rotatable bonds is 6. The van der Waals surface area contributed by atoms with Crippen molar-refractivity contribution in [2.24, 2.45) is 0 Å². The van der Waals surface area contributed by atoms with E-state index < -0.39 is 0 Å². The molecule has 2 N–H and O–H groups in total. The van der Waals surface area contributed by atoms with Gasteiger partial charge in [0.15, 0.2) is 5.78 Å². The van der Waals surface area contributed by atoms with Crippen LogP contribution in [-0.4, -0.2) is 18.2 Å². The molecule has 0 aliphatic rings. The molecule has 0 fully saturated rings. The molecule has 3 aromatic rings. The molecule has 0 atom stereocenters. The molecule has 0 saturated carbocycles. The third kappa shape index (κ3) is 5.01. The maximum absolute atomic E-state index is 12.9. The number of amides is 1. The second-order valence-electron chi connectivity index (χ2n) is 5.79. The molecule has 0 radical (unpaired) electrons. The molecule has 1 amide bonds. The van der Waals surface area contributed by atoms with E-state index >= 15 is 0 Å². The number of nitrogens with one attached hydrogen (secondary N) is 2. The van der Waals surface area contributed by atoms with Crippen molar-refractivity contribution in [2.75, 3.05) is 17.2 Å². The van der Waals surface area contributed by atoms with Crippen LogP contribution in [0.2, 0.25) is 0 Å². The van der Waals surface area contributed by atoms with Crippen LogP contribution < -0.4 is 10.6 Å². The van der Waals surface area contributed by atoms with Crippen LogP contribution in [0.15, 0.2) is 77.3 Å². The van der Waals surface area contributed by atoms with Gasteiger partial charge in [-0.2, -0.15) is 0 Å². The first-order chi connectivity index (χ1) is 13.0. The van der Waals surface area contributed by atoms with Crippen molar-refractivity contribution < 1.29 is 14.0 Å². The van der Waals surface area contributed by atoms with Crippen LogP contribution in [0.5, 0.6) is 0 Å². The van der Waals surface area contributed by atoms with Gasteiger partial charge in [0.25, 0.3) is 0 Å². The summed E-state index contributed by atoms with van der Waals surface area (Å²) in [6.45, 7) is -0.0337. The fraction of sp³-hybridized carbons (Fsp3) is 0.0476. The zero-order valence-corrected chi connectivity index (χ0v) is 15.8. The van der Waals surface area contributed by atoms with Crippen molar-refractivity contribution in [3.05, 3.63) is 94.2 Å². The van der Waals surface area contributed by atoms with E-state index in [4.69, 9.17) is 0 Å². The molecule has 136 valence electrons.